The first-order chi connectivity index (χ1) is 7.42. The van der Waals surface area contributed by atoms with E-state index in [2.05, 4.69) is 34.6 Å². The number of rotatable bonds is 3. The van der Waals surface area contributed by atoms with Gasteiger partial charge >= 0.3 is 0 Å². The number of fused-ring (bicyclic) bond motifs is 1. The molecule has 0 unspecified atom stereocenters. The highest BCUT2D eigenvalue weighted by Crippen LogP contribution is 2.14. The zero-order chi connectivity index (χ0) is 10.1. The number of ether oxygens (including phenoxy) is 1. The lowest BCUT2D eigenvalue weighted by molar-refractivity contribution is -0.00578. The first-order valence-corrected chi connectivity index (χ1v) is 5.29. The van der Waals surface area contributed by atoms with Gasteiger partial charge in [-0.1, -0.05) is 12.1 Å². The smallest absolute Gasteiger partial charge is 0.0643 e. The van der Waals surface area contributed by atoms with Crippen molar-refractivity contribution in [2.45, 2.75) is 12.6 Å². The van der Waals surface area contributed by atoms with E-state index in [9.17, 15) is 0 Å². The number of H-pyrrole nitrogens is 1. The molecule has 3 nitrogen and oxygen atoms in total. The topological polar surface area (TPSA) is 37.0 Å². The van der Waals surface area contributed by atoms with E-state index in [1.807, 2.05) is 6.20 Å². The van der Waals surface area contributed by atoms with Crippen LogP contribution in [0.15, 0.2) is 30.5 Å². The summed E-state index contributed by atoms with van der Waals surface area (Å²) in [6.07, 6.45) is 1.97. The maximum atomic E-state index is 5.11. The van der Waals surface area contributed by atoms with Crippen LogP contribution in [0.3, 0.4) is 0 Å². The predicted molar refractivity (Wildman–Crippen MR) is 59.7 cm³/mol. The number of hydrogen-bond acceptors (Lipinski definition) is 2. The second kappa shape index (κ2) is 3.68. The fraction of sp³-hybridized carbons (Fsp3) is 0.333. The molecular weight excluding hydrogens is 188 g/mol. The highest BCUT2D eigenvalue weighted by atomic mass is 16.5. The summed E-state index contributed by atoms with van der Waals surface area (Å²) >= 11 is 0. The van der Waals surface area contributed by atoms with Crippen molar-refractivity contribution in [3.63, 3.8) is 0 Å². The molecule has 0 radical (unpaired) electrons. The maximum absolute atomic E-state index is 5.11. The van der Waals surface area contributed by atoms with Crippen molar-refractivity contribution in [1.29, 1.82) is 0 Å². The quantitative estimate of drug-likeness (QED) is 0.794. The van der Waals surface area contributed by atoms with Gasteiger partial charge in [-0.3, -0.25) is 0 Å². The van der Waals surface area contributed by atoms with Crippen molar-refractivity contribution < 1.29 is 4.74 Å². The number of benzene rings is 1. The normalized spacial score (nSPS) is 16.8. The molecule has 0 amide bonds. The molecule has 1 aromatic heterocycles. The average Bonchev–Trinajstić information content (AvgIpc) is 2.62. The van der Waals surface area contributed by atoms with Crippen LogP contribution in [0, 0.1) is 0 Å². The molecule has 3 rings (SSSR count). The van der Waals surface area contributed by atoms with Gasteiger partial charge in [0.25, 0.3) is 0 Å². The summed E-state index contributed by atoms with van der Waals surface area (Å²) < 4.78 is 5.11. The van der Waals surface area contributed by atoms with Gasteiger partial charge in [0.05, 0.1) is 19.3 Å². The van der Waals surface area contributed by atoms with Crippen molar-refractivity contribution in [1.82, 2.24) is 10.3 Å². The minimum atomic E-state index is 0.546. The van der Waals surface area contributed by atoms with Crippen LogP contribution in [0.25, 0.3) is 10.9 Å². The molecular formula is C12H14N2O. The average molecular weight is 202 g/mol. The van der Waals surface area contributed by atoms with E-state index in [0.717, 1.165) is 19.8 Å². The zero-order valence-corrected chi connectivity index (χ0v) is 8.49. The summed E-state index contributed by atoms with van der Waals surface area (Å²) in [7, 11) is 0. The Labute approximate surface area is 88.4 Å². The third kappa shape index (κ3) is 1.76. The molecule has 2 N–H and O–H groups in total. The number of aromatic amines is 1. The summed E-state index contributed by atoms with van der Waals surface area (Å²) in [5.41, 5.74) is 2.52. The standard InChI is InChI=1S/C12H14N2O/c1-2-10-3-4-13-12(10)5-9(1)6-14-11-7-15-8-11/h1-5,11,13-14H,6-8H2. The Hall–Kier alpha value is -1.32. The molecule has 2 heterocycles. The summed E-state index contributed by atoms with van der Waals surface area (Å²) in [6, 6.07) is 9.15. The summed E-state index contributed by atoms with van der Waals surface area (Å²) in [5.74, 6) is 0. The SMILES string of the molecule is c1cc2ccc(CNC3COC3)cc2[nH]1. The molecule has 0 bridgehead atoms. The van der Waals surface area contributed by atoms with E-state index in [0.29, 0.717) is 6.04 Å². The highest BCUT2D eigenvalue weighted by molar-refractivity contribution is 5.79. The van der Waals surface area contributed by atoms with Gasteiger partial charge in [0, 0.05) is 18.3 Å². The number of aromatic nitrogens is 1. The van der Waals surface area contributed by atoms with Gasteiger partial charge < -0.3 is 15.0 Å². The monoisotopic (exact) mass is 202 g/mol. The molecule has 3 heteroatoms. The predicted octanol–water partition coefficient (Wildman–Crippen LogP) is 1.66. The van der Waals surface area contributed by atoms with Crippen molar-refractivity contribution in [2.75, 3.05) is 13.2 Å². The lowest BCUT2D eigenvalue weighted by Gasteiger charge is -2.27. The molecule has 0 aliphatic carbocycles. The number of nitrogens with one attached hydrogen (secondary N) is 2. The second-order valence-corrected chi connectivity index (χ2v) is 4.01. The highest BCUT2D eigenvalue weighted by Gasteiger charge is 2.16. The van der Waals surface area contributed by atoms with Crippen LogP contribution in [-0.2, 0) is 11.3 Å². The lowest BCUT2D eigenvalue weighted by atomic mass is 10.1. The van der Waals surface area contributed by atoms with Gasteiger partial charge in [0.2, 0.25) is 0 Å². The molecule has 0 saturated carbocycles. The van der Waals surface area contributed by atoms with Gasteiger partial charge in [-0.05, 0) is 23.1 Å². The van der Waals surface area contributed by atoms with Gasteiger partial charge in [0.1, 0.15) is 0 Å². The lowest BCUT2D eigenvalue weighted by Crippen LogP contribution is -2.45. The van der Waals surface area contributed by atoms with Crippen molar-refractivity contribution in [3.05, 3.63) is 36.0 Å². The fourth-order valence-electron chi connectivity index (χ4n) is 1.82. The van der Waals surface area contributed by atoms with E-state index in [1.165, 1.54) is 16.5 Å². The molecule has 1 aliphatic rings. The third-order valence-corrected chi connectivity index (χ3v) is 2.85. The van der Waals surface area contributed by atoms with Crippen LogP contribution < -0.4 is 5.32 Å². The van der Waals surface area contributed by atoms with Crippen molar-refractivity contribution in [3.8, 4) is 0 Å². The molecule has 1 fully saturated rings. The summed E-state index contributed by atoms with van der Waals surface area (Å²) in [5, 5.41) is 4.72. The molecule has 78 valence electrons. The molecule has 0 spiro atoms. The molecule has 1 saturated heterocycles. The van der Waals surface area contributed by atoms with E-state index in [-0.39, 0.29) is 0 Å². The van der Waals surface area contributed by atoms with E-state index in [1.54, 1.807) is 0 Å². The van der Waals surface area contributed by atoms with Crippen LogP contribution >= 0.6 is 0 Å². The van der Waals surface area contributed by atoms with Crippen LogP contribution in [0.4, 0.5) is 0 Å². The Kier molecular flexibility index (Phi) is 2.19. The molecule has 1 aliphatic heterocycles. The zero-order valence-electron chi connectivity index (χ0n) is 8.49. The van der Waals surface area contributed by atoms with E-state index in [4.69, 9.17) is 4.74 Å². The Morgan fingerprint density at radius 1 is 1.33 bits per heavy atom. The van der Waals surface area contributed by atoms with E-state index >= 15 is 0 Å². The van der Waals surface area contributed by atoms with Crippen LogP contribution in [-0.4, -0.2) is 24.2 Å². The van der Waals surface area contributed by atoms with Gasteiger partial charge in [-0.2, -0.15) is 0 Å². The fourth-order valence-corrected chi connectivity index (χ4v) is 1.82. The summed E-state index contributed by atoms with van der Waals surface area (Å²) in [6.45, 7) is 2.62. The maximum Gasteiger partial charge on any atom is 0.0643 e. The van der Waals surface area contributed by atoms with Crippen molar-refractivity contribution in [2.24, 2.45) is 0 Å². The Morgan fingerprint density at radius 2 is 2.27 bits per heavy atom. The van der Waals surface area contributed by atoms with E-state index < -0.39 is 0 Å². The molecule has 2 aromatic rings. The Morgan fingerprint density at radius 3 is 3.07 bits per heavy atom. The molecule has 0 atom stereocenters. The Bertz CT molecular complexity index is 459. The van der Waals surface area contributed by atoms with Gasteiger partial charge in [0.15, 0.2) is 0 Å². The summed E-state index contributed by atoms with van der Waals surface area (Å²) in [4.78, 5) is 3.22. The molecule has 1 aromatic carbocycles. The van der Waals surface area contributed by atoms with Crippen LogP contribution in [0.2, 0.25) is 0 Å². The second-order valence-electron chi connectivity index (χ2n) is 4.01. The largest absolute Gasteiger partial charge is 0.378 e. The first-order valence-electron chi connectivity index (χ1n) is 5.29. The third-order valence-electron chi connectivity index (χ3n) is 2.85. The minimum Gasteiger partial charge on any atom is -0.378 e. The van der Waals surface area contributed by atoms with Crippen LogP contribution in [0.1, 0.15) is 5.56 Å². The number of hydrogen-bond donors (Lipinski definition) is 2. The van der Waals surface area contributed by atoms with Crippen LogP contribution in [0.5, 0.6) is 0 Å². The van der Waals surface area contributed by atoms with Gasteiger partial charge in [-0.25, -0.2) is 0 Å². The first kappa shape index (κ1) is 8.95. The minimum absolute atomic E-state index is 0.546. The van der Waals surface area contributed by atoms with Gasteiger partial charge in [-0.15, -0.1) is 0 Å². The Balaban J connectivity index is 1.72. The van der Waals surface area contributed by atoms with Crippen molar-refractivity contribution >= 4 is 10.9 Å². The molecule has 15 heavy (non-hydrogen) atoms.